The van der Waals surface area contributed by atoms with Gasteiger partial charge in [-0.3, -0.25) is 4.90 Å². The zero-order chi connectivity index (χ0) is 15.5. The Labute approximate surface area is 124 Å². The molecule has 0 bridgehead atoms. The van der Waals surface area contributed by atoms with Gasteiger partial charge in [-0.05, 0) is 18.4 Å². The van der Waals surface area contributed by atoms with Crippen molar-refractivity contribution in [2.45, 2.75) is 17.4 Å². The van der Waals surface area contributed by atoms with Gasteiger partial charge in [0, 0.05) is 26.2 Å². The van der Waals surface area contributed by atoms with Gasteiger partial charge < -0.3 is 4.90 Å². The van der Waals surface area contributed by atoms with Gasteiger partial charge in [-0.15, -0.1) is 22.0 Å². The highest BCUT2D eigenvalue weighted by Gasteiger charge is 2.42. The lowest BCUT2D eigenvalue weighted by molar-refractivity contribution is -0.142. The van der Waals surface area contributed by atoms with Crippen LogP contribution in [0.3, 0.4) is 0 Å². The Bertz CT molecular complexity index is 449. The summed E-state index contributed by atoms with van der Waals surface area (Å²) in [6, 6.07) is 3.66. The van der Waals surface area contributed by atoms with Crippen LogP contribution < -0.4 is 4.90 Å². The molecule has 1 aromatic heterocycles. The minimum Gasteiger partial charge on any atom is -0.353 e. The van der Waals surface area contributed by atoms with E-state index in [9.17, 15) is 17.6 Å². The van der Waals surface area contributed by atoms with Crippen LogP contribution in [0.15, 0.2) is 17.2 Å². The Hall–Kier alpha value is -1.09. The van der Waals surface area contributed by atoms with Crippen molar-refractivity contribution in [2.75, 3.05) is 43.9 Å². The maximum atomic E-state index is 13.0. The summed E-state index contributed by atoms with van der Waals surface area (Å²) in [5, 5.41) is 8.88. The molecule has 0 aliphatic carbocycles. The smallest absolute Gasteiger partial charge is 0.319 e. The molecule has 0 spiro atoms. The molecule has 0 N–H and O–H groups in total. The first-order valence-electron chi connectivity index (χ1n) is 6.43. The van der Waals surface area contributed by atoms with Crippen LogP contribution in [0.4, 0.5) is 23.4 Å². The molecule has 0 amide bonds. The standard InChI is InChI=1S/C12H16F4N4S/c1-21-10-3-2-9(17-18-10)20-6-4-19(5-7-20)8-12(15,16)11(13)14/h2-3,11H,4-8H2,1H3. The lowest BCUT2D eigenvalue weighted by atomic mass is 10.2. The van der Waals surface area contributed by atoms with Crippen LogP contribution in [0.2, 0.25) is 0 Å². The van der Waals surface area contributed by atoms with E-state index in [2.05, 4.69) is 10.2 Å². The number of aromatic nitrogens is 2. The van der Waals surface area contributed by atoms with Gasteiger partial charge in [-0.25, -0.2) is 8.78 Å². The van der Waals surface area contributed by atoms with E-state index in [1.807, 2.05) is 23.3 Å². The summed E-state index contributed by atoms with van der Waals surface area (Å²) in [4.78, 5) is 3.26. The number of hydrogen-bond donors (Lipinski definition) is 0. The van der Waals surface area contributed by atoms with Crippen LogP contribution in [-0.2, 0) is 0 Å². The molecule has 1 fully saturated rings. The Morgan fingerprint density at radius 3 is 2.33 bits per heavy atom. The fraction of sp³-hybridized carbons (Fsp3) is 0.667. The molecule has 0 aromatic carbocycles. The monoisotopic (exact) mass is 324 g/mol. The number of thioether (sulfide) groups is 1. The van der Waals surface area contributed by atoms with Crippen molar-refractivity contribution in [3.05, 3.63) is 12.1 Å². The molecule has 0 radical (unpaired) electrons. The molecule has 2 rings (SSSR count). The maximum Gasteiger partial charge on any atom is 0.319 e. The fourth-order valence-corrected chi connectivity index (χ4v) is 2.42. The second-order valence-corrected chi connectivity index (χ2v) is 5.59. The lowest BCUT2D eigenvalue weighted by Crippen LogP contribution is -2.51. The van der Waals surface area contributed by atoms with E-state index in [0.29, 0.717) is 32.0 Å². The molecular formula is C12H16F4N4S. The molecular weight excluding hydrogens is 308 g/mol. The molecule has 0 atom stereocenters. The quantitative estimate of drug-likeness (QED) is 0.612. The van der Waals surface area contributed by atoms with Crippen LogP contribution >= 0.6 is 11.8 Å². The Morgan fingerprint density at radius 1 is 1.19 bits per heavy atom. The zero-order valence-corrected chi connectivity index (χ0v) is 12.3. The highest BCUT2D eigenvalue weighted by molar-refractivity contribution is 7.98. The van der Waals surface area contributed by atoms with Crippen LogP contribution in [0.1, 0.15) is 0 Å². The first-order chi connectivity index (χ1) is 9.92. The minimum absolute atomic E-state index is 0.300. The second-order valence-electron chi connectivity index (χ2n) is 4.76. The zero-order valence-electron chi connectivity index (χ0n) is 11.5. The number of anilines is 1. The Morgan fingerprint density at radius 2 is 1.86 bits per heavy atom. The molecule has 4 nitrogen and oxygen atoms in total. The van der Waals surface area contributed by atoms with E-state index >= 15 is 0 Å². The molecule has 2 heterocycles. The average molecular weight is 324 g/mol. The van der Waals surface area contributed by atoms with E-state index in [1.54, 1.807) is 0 Å². The van der Waals surface area contributed by atoms with E-state index in [1.165, 1.54) is 16.7 Å². The molecule has 0 unspecified atom stereocenters. The molecule has 1 saturated heterocycles. The predicted octanol–water partition coefficient (Wildman–Crippen LogP) is 2.22. The van der Waals surface area contributed by atoms with Crippen molar-refractivity contribution in [3.63, 3.8) is 0 Å². The topological polar surface area (TPSA) is 32.3 Å². The molecule has 1 aromatic rings. The van der Waals surface area contributed by atoms with Gasteiger partial charge in [0.2, 0.25) is 0 Å². The second kappa shape index (κ2) is 6.78. The number of rotatable bonds is 5. The van der Waals surface area contributed by atoms with Gasteiger partial charge >= 0.3 is 12.3 Å². The molecule has 21 heavy (non-hydrogen) atoms. The normalized spacial score (nSPS) is 17.5. The van der Waals surface area contributed by atoms with Gasteiger partial charge in [-0.2, -0.15) is 8.78 Å². The fourth-order valence-electron chi connectivity index (χ4n) is 2.09. The van der Waals surface area contributed by atoms with E-state index in [4.69, 9.17) is 0 Å². The minimum atomic E-state index is -3.96. The number of piperazine rings is 1. The summed E-state index contributed by atoms with van der Waals surface area (Å²) in [6.45, 7) is 0.622. The third kappa shape index (κ3) is 4.19. The first-order valence-corrected chi connectivity index (χ1v) is 7.66. The number of hydrogen-bond acceptors (Lipinski definition) is 5. The summed E-state index contributed by atoms with van der Waals surface area (Å²) in [5.74, 6) is -3.28. The predicted molar refractivity (Wildman–Crippen MR) is 73.4 cm³/mol. The molecule has 1 aliphatic heterocycles. The Balaban J connectivity index is 1.88. The van der Waals surface area contributed by atoms with Gasteiger partial charge in [0.15, 0.2) is 5.82 Å². The largest absolute Gasteiger partial charge is 0.353 e. The van der Waals surface area contributed by atoms with Gasteiger partial charge in [0.05, 0.1) is 6.54 Å². The number of nitrogens with zero attached hydrogens (tertiary/aromatic N) is 4. The first kappa shape index (κ1) is 16.3. The summed E-state index contributed by atoms with van der Waals surface area (Å²) >= 11 is 1.48. The van der Waals surface area contributed by atoms with Crippen LogP contribution in [-0.4, -0.2) is 66.4 Å². The molecule has 1 aliphatic rings. The Kier molecular flexibility index (Phi) is 5.26. The van der Waals surface area contributed by atoms with E-state index in [0.717, 1.165) is 5.03 Å². The summed E-state index contributed by atoms with van der Waals surface area (Å²) in [5.41, 5.74) is 0. The van der Waals surface area contributed by atoms with Crippen molar-refractivity contribution >= 4 is 17.6 Å². The SMILES string of the molecule is CSc1ccc(N2CCN(CC(F)(F)C(F)F)CC2)nn1. The highest BCUT2D eigenvalue weighted by Crippen LogP contribution is 2.25. The van der Waals surface area contributed by atoms with Gasteiger partial charge in [0.25, 0.3) is 0 Å². The molecule has 0 saturated carbocycles. The number of alkyl halides is 4. The van der Waals surface area contributed by atoms with Crippen LogP contribution in [0.5, 0.6) is 0 Å². The van der Waals surface area contributed by atoms with E-state index < -0.39 is 18.9 Å². The summed E-state index contributed by atoms with van der Waals surface area (Å²) in [6.07, 6.45) is -1.73. The third-order valence-electron chi connectivity index (χ3n) is 3.29. The molecule has 9 heteroatoms. The highest BCUT2D eigenvalue weighted by atomic mass is 32.2. The van der Waals surface area contributed by atoms with Crippen molar-refractivity contribution < 1.29 is 17.6 Å². The van der Waals surface area contributed by atoms with Crippen molar-refractivity contribution in [2.24, 2.45) is 0 Å². The van der Waals surface area contributed by atoms with Gasteiger partial charge in [-0.1, -0.05) is 0 Å². The van der Waals surface area contributed by atoms with E-state index in [-0.39, 0.29) is 0 Å². The van der Waals surface area contributed by atoms with Crippen LogP contribution in [0.25, 0.3) is 0 Å². The van der Waals surface area contributed by atoms with Crippen molar-refractivity contribution in [1.82, 2.24) is 15.1 Å². The average Bonchev–Trinajstić information content (AvgIpc) is 2.48. The lowest BCUT2D eigenvalue weighted by Gasteiger charge is -2.36. The number of halogens is 4. The van der Waals surface area contributed by atoms with Crippen molar-refractivity contribution in [3.8, 4) is 0 Å². The third-order valence-corrected chi connectivity index (χ3v) is 3.92. The van der Waals surface area contributed by atoms with Gasteiger partial charge in [0.1, 0.15) is 5.03 Å². The maximum absolute atomic E-state index is 13.0. The summed E-state index contributed by atoms with van der Waals surface area (Å²) < 4.78 is 50.4. The molecule has 118 valence electrons. The van der Waals surface area contributed by atoms with Crippen molar-refractivity contribution in [1.29, 1.82) is 0 Å². The summed E-state index contributed by atoms with van der Waals surface area (Å²) in [7, 11) is 0. The van der Waals surface area contributed by atoms with Crippen LogP contribution in [0, 0.1) is 0 Å².